The largest absolute Gasteiger partial charge is 0.366 e. The van der Waals surface area contributed by atoms with E-state index in [0.717, 1.165) is 6.54 Å². The van der Waals surface area contributed by atoms with Crippen LogP contribution < -0.4 is 0 Å². The Hall–Kier alpha value is -0.530. The van der Waals surface area contributed by atoms with Gasteiger partial charge in [0, 0.05) is 13.6 Å². The molecular formula is C6H12N2. The van der Waals surface area contributed by atoms with E-state index in [2.05, 4.69) is 23.9 Å². The summed E-state index contributed by atoms with van der Waals surface area (Å²) < 4.78 is 0. The van der Waals surface area contributed by atoms with E-state index in [9.17, 15) is 0 Å². The smallest absolute Gasteiger partial charge is 0.0850 e. The molecule has 0 aromatic rings. The molecule has 0 N–H and O–H groups in total. The van der Waals surface area contributed by atoms with Crippen molar-refractivity contribution in [3.05, 3.63) is 0 Å². The highest BCUT2D eigenvalue weighted by Crippen LogP contribution is 2.01. The maximum absolute atomic E-state index is 4.21. The minimum absolute atomic E-state index is 0.547. The van der Waals surface area contributed by atoms with Gasteiger partial charge in [0.1, 0.15) is 0 Å². The van der Waals surface area contributed by atoms with Crippen molar-refractivity contribution in [1.82, 2.24) is 4.90 Å². The number of hydrogen-bond donors (Lipinski definition) is 0. The van der Waals surface area contributed by atoms with Gasteiger partial charge in [0.05, 0.1) is 12.4 Å². The molecule has 46 valence electrons. The molecule has 0 fully saturated rings. The Kier molecular flexibility index (Phi) is 1.51. The molecule has 1 aliphatic rings. The summed E-state index contributed by atoms with van der Waals surface area (Å²) >= 11 is 0. The van der Waals surface area contributed by atoms with Crippen LogP contribution in [0.15, 0.2) is 4.99 Å². The number of hydrogen-bond acceptors (Lipinski definition) is 2. The van der Waals surface area contributed by atoms with Crippen molar-refractivity contribution >= 4 is 6.34 Å². The molecule has 1 heterocycles. The zero-order valence-electron chi connectivity index (χ0n) is 5.46. The van der Waals surface area contributed by atoms with Crippen molar-refractivity contribution in [2.45, 2.75) is 19.4 Å². The zero-order chi connectivity index (χ0) is 5.98. The van der Waals surface area contributed by atoms with E-state index in [1.165, 1.54) is 6.42 Å². The summed E-state index contributed by atoms with van der Waals surface area (Å²) in [5, 5.41) is 0. The molecule has 0 aliphatic carbocycles. The Morgan fingerprint density at radius 1 is 1.75 bits per heavy atom. The molecular weight excluding hydrogens is 100 g/mol. The highest BCUT2D eigenvalue weighted by atomic mass is 15.1. The molecule has 1 rings (SSSR count). The molecule has 0 spiro atoms. The standard InChI is InChI=1S/C6H12N2/c1-6-3-4-8(2)5-7-6/h5-6H,3-4H2,1-2H3. The zero-order valence-corrected chi connectivity index (χ0v) is 5.46. The lowest BCUT2D eigenvalue weighted by atomic mass is 10.2. The van der Waals surface area contributed by atoms with Crippen LogP contribution in [0.3, 0.4) is 0 Å². The molecule has 1 atom stereocenters. The first-order chi connectivity index (χ1) is 3.79. The summed E-state index contributed by atoms with van der Waals surface area (Å²) in [7, 11) is 2.05. The van der Waals surface area contributed by atoms with Crippen LogP contribution in [0.2, 0.25) is 0 Å². The SMILES string of the molecule is CC1CCN(C)C=N1. The second-order valence-corrected chi connectivity index (χ2v) is 2.38. The summed E-state index contributed by atoms with van der Waals surface area (Å²) in [5.74, 6) is 0. The van der Waals surface area contributed by atoms with Crippen LogP contribution in [0.1, 0.15) is 13.3 Å². The molecule has 0 bridgehead atoms. The maximum atomic E-state index is 4.21. The molecule has 1 aliphatic heterocycles. The predicted molar refractivity (Wildman–Crippen MR) is 35.2 cm³/mol. The maximum Gasteiger partial charge on any atom is 0.0850 e. The van der Waals surface area contributed by atoms with Crippen LogP contribution in [0.4, 0.5) is 0 Å². The average Bonchev–Trinajstić information content (AvgIpc) is 1.77. The lowest BCUT2D eigenvalue weighted by molar-refractivity contribution is 0.443. The Balaban J connectivity index is 2.42. The minimum atomic E-state index is 0.547. The van der Waals surface area contributed by atoms with Crippen molar-refractivity contribution in [3.63, 3.8) is 0 Å². The van der Waals surface area contributed by atoms with E-state index in [1.807, 2.05) is 6.34 Å². The first-order valence-corrected chi connectivity index (χ1v) is 3.02. The van der Waals surface area contributed by atoms with E-state index in [4.69, 9.17) is 0 Å². The molecule has 8 heavy (non-hydrogen) atoms. The van der Waals surface area contributed by atoms with Gasteiger partial charge in [-0.05, 0) is 13.3 Å². The van der Waals surface area contributed by atoms with E-state index >= 15 is 0 Å². The van der Waals surface area contributed by atoms with E-state index < -0.39 is 0 Å². The monoisotopic (exact) mass is 112 g/mol. The molecule has 0 aromatic heterocycles. The predicted octanol–water partition coefficient (Wildman–Crippen LogP) is 0.739. The summed E-state index contributed by atoms with van der Waals surface area (Å²) in [5.41, 5.74) is 0. The van der Waals surface area contributed by atoms with Gasteiger partial charge < -0.3 is 4.90 Å². The molecule has 0 radical (unpaired) electrons. The quantitative estimate of drug-likeness (QED) is 0.451. The van der Waals surface area contributed by atoms with Gasteiger partial charge >= 0.3 is 0 Å². The third kappa shape index (κ3) is 1.22. The molecule has 1 unspecified atom stereocenters. The highest BCUT2D eigenvalue weighted by molar-refractivity contribution is 5.55. The van der Waals surface area contributed by atoms with Crippen molar-refractivity contribution < 1.29 is 0 Å². The lowest BCUT2D eigenvalue weighted by Gasteiger charge is -2.20. The topological polar surface area (TPSA) is 15.6 Å². The number of nitrogens with zero attached hydrogens (tertiary/aromatic N) is 2. The fourth-order valence-corrected chi connectivity index (χ4v) is 0.750. The van der Waals surface area contributed by atoms with Gasteiger partial charge in [-0.2, -0.15) is 0 Å². The minimum Gasteiger partial charge on any atom is -0.366 e. The fourth-order valence-electron chi connectivity index (χ4n) is 0.750. The number of rotatable bonds is 0. The van der Waals surface area contributed by atoms with Gasteiger partial charge in [-0.15, -0.1) is 0 Å². The van der Waals surface area contributed by atoms with Crippen molar-refractivity contribution in [2.75, 3.05) is 13.6 Å². The van der Waals surface area contributed by atoms with Crippen LogP contribution in [0, 0.1) is 0 Å². The van der Waals surface area contributed by atoms with Gasteiger partial charge in [0.25, 0.3) is 0 Å². The number of aliphatic imine (C=N–C) groups is 1. The van der Waals surface area contributed by atoms with Crippen LogP contribution in [-0.2, 0) is 0 Å². The third-order valence-electron chi connectivity index (χ3n) is 1.42. The Bertz CT molecular complexity index is 86.7. The third-order valence-corrected chi connectivity index (χ3v) is 1.42. The van der Waals surface area contributed by atoms with Crippen molar-refractivity contribution in [3.8, 4) is 0 Å². The highest BCUT2D eigenvalue weighted by Gasteiger charge is 2.04. The van der Waals surface area contributed by atoms with Crippen LogP contribution in [0.25, 0.3) is 0 Å². The van der Waals surface area contributed by atoms with Crippen molar-refractivity contribution in [2.24, 2.45) is 4.99 Å². The summed E-state index contributed by atoms with van der Waals surface area (Å²) in [6.07, 6.45) is 3.11. The molecule has 0 saturated heterocycles. The van der Waals surface area contributed by atoms with Gasteiger partial charge in [-0.25, -0.2) is 0 Å². The Labute approximate surface area is 50.2 Å². The van der Waals surface area contributed by atoms with Crippen molar-refractivity contribution in [1.29, 1.82) is 0 Å². The van der Waals surface area contributed by atoms with Crippen LogP contribution >= 0.6 is 0 Å². The van der Waals surface area contributed by atoms with Crippen LogP contribution in [0.5, 0.6) is 0 Å². The Morgan fingerprint density at radius 2 is 2.50 bits per heavy atom. The molecule has 0 amide bonds. The summed E-state index contributed by atoms with van der Waals surface area (Å²) in [6.45, 7) is 3.30. The van der Waals surface area contributed by atoms with Gasteiger partial charge in [-0.3, -0.25) is 4.99 Å². The first kappa shape index (κ1) is 5.60. The Morgan fingerprint density at radius 3 is 2.88 bits per heavy atom. The fraction of sp³-hybridized carbons (Fsp3) is 0.833. The van der Waals surface area contributed by atoms with Gasteiger partial charge in [0.2, 0.25) is 0 Å². The van der Waals surface area contributed by atoms with Gasteiger partial charge in [0.15, 0.2) is 0 Å². The average molecular weight is 112 g/mol. The van der Waals surface area contributed by atoms with E-state index in [-0.39, 0.29) is 0 Å². The van der Waals surface area contributed by atoms with Crippen LogP contribution in [-0.4, -0.2) is 30.9 Å². The molecule has 0 aromatic carbocycles. The first-order valence-electron chi connectivity index (χ1n) is 3.02. The second kappa shape index (κ2) is 2.16. The molecule has 0 saturated carbocycles. The van der Waals surface area contributed by atoms with E-state index in [0.29, 0.717) is 6.04 Å². The molecule has 2 heteroatoms. The van der Waals surface area contributed by atoms with Gasteiger partial charge in [-0.1, -0.05) is 0 Å². The summed E-state index contributed by atoms with van der Waals surface area (Å²) in [6, 6.07) is 0.547. The summed E-state index contributed by atoms with van der Waals surface area (Å²) in [4.78, 5) is 6.32. The normalized spacial score (nSPS) is 28.8. The van der Waals surface area contributed by atoms with E-state index in [1.54, 1.807) is 0 Å². The molecule has 2 nitrogen and oxygen atoms in total. The second-order valence-electron chi connectivity index (χ2n) is 2.38. The lowest BCUT2D eigenvalue weighted by Crippen LogP contribution is -2.25.